The Morgan fingerprint density at radius 1 is 0.806 bits per heavy atom. The molecule has 4 fully saturated rings. The number of piperazine rings is 1. The number of benzene rings is 1. The zero-order valence-corrected chi connectivity index (χ0v) is 21.3. The van der Waals surface area contributed by atoms with Crippen molar-refractivity contribution in [2.75, 3.05) is 32.7 Å². The van der Waals surface area contributed by atoms with Crippen LogP contribution in [0.15, 0.2) is 24.3 Å². The van der Waals surface area contributed by atoms with Crippen LogP contribution < -0.4 is 0 Å². The molecule has 0 aromatic heterocycles. The summed E-state index contributed by atoms with van der Waals surface area (Å²) in [5, 5.41) is 0. The van der Waals surface area contributed by atoms with E-state index in [-0.39, 0.29) is 53.3 Å². The van der Waals surface area contributed by atoms with Gasteiger partial charge < -0.3 is 14.7 Å². The molecule has 1 unspecified atom stereocenters. The molecule has 5 aliphatic rings. The van der Waals surface area contributed by atoms with Gasteiger partial charge in [0.2, 0.25) is 17.7 Å². The van der Waals surface area contributed by atoms with Crippen molar-refractivity contribution in [1.29, 1.82) is 0 Å². The summed E-state index contributed by atoms with van der Waals surface area (Å²) in [5.41, 5.74) is 2.45. The van der Waals surface area contributed by atoms with Gasteiger partial charge in [0.15, 0.2) is 0 Å². The van der Waals surface area contributed by atoms with Crippen LogP contribution in [0.2, 0.25) is 0 Å². The van der Waals surface area contributed by atoms with E-state index in [4.69, 9.17) is 0 Å². The molecule has 2 saturated heterocycles. The Labute approximate surface area is 226 Å². The molecule has 0 spiro atoms. The second-order valence-electron chi connectivity index (χ2n) is 9.47. The Hall–Kier alpha value is -1.85. The van der Waals surface area contributed by atoms with E-state index in [0.29, 0.717) is 38.4 Å². The second-order valence-corrected chi connectivity index (χ2v) is 9.47. The van der Waals surface area contributed by atoms with Crippen LogP contribution in [0.25, 0.3) is 0 Å². The van der Waals surface area contributed by atoms with Crippen LogP contribution in [0, 0.1) is 69.6 Å². The summed E-state index contributed by atoms with van der Waals surface area (Å²) < 4.78 is 0. The van der Waals surface area contributed by atoms with Gasteiger partial charge >= 0.3 is 17.1 Å². The van der Waals surface area contributed by atoms with E-state index in [2.05, 4.69) is 12.1 Å². The van der Waals surface area contributed by atoms with E-state index in [9.17, 15) is 14.4 Å². The number of carbonyl (C=O) groups is 3. The standard InChI is InChI=1S/C24H26N3O3.C5H5.Fe/c28-22-16-26(15-21-20-8-4-3-5-17(20)11-14-27(21)22)24(30)19-9-12-25(13-10-19)23(29)18-6-1-2-7-18;1-2-4-5-3-1;/h1-8,19,21H,9-16H2;1-5H;/q;;+2. The van der Waals surface area contributed by atoms with Gasteiger partial charge in [-0.3, -0.25) is 14.4 Å². The first-order chi connectivity index (χ1) is 17.1. The second kappa shape index (κ2) is 12.6. The maximum absolute atomic E-state index is 13.2. The number of carbonyl (C=O) groups excluding carboxylic acids is 3. The van der Waals surface area contributed by atoms with Crippen molar-refractivity contribution < 1.29 is 31.5 Å². The smallest absolute Gasteiger partial charge is 0.342 e. The first-order valence-corrected chi connectivity index (χ1v) is 12.5. The maximum Gasteiger partial charge on any atom is 2.00 e. The molecule has 6 rings (SSSR count). The molecular weight excluding hydrogens is 494 g/mol. The Morgan fingerprint density at radius 3 is 2.11 bits per heavy atom. The first kappa shape index (κ1) is 27.2. The predicted octanol–water partition coefficient (Wildman–Crippen LogP) is 2.62. The van der Waals surface area contributed by atoms with Crippen LogP contribution in [-0.4, -0.2) is 65.1 Å². The fourth-order valence-electron chi connectivity index (χ4n) is 5.45. The van der Waals surface area contributed by atoms with Gasteiger partial charge in [-0.2, -0.15) is 0 Å². The first-order valence-electron chi connectivity index (χ1n) is 12.5. The number of fused-ring (bicyclic) bond motifs is 3. The van der Waals surface area contributed by atoms with Crippen LogP contribution in [0.4, 0.5) is 0 Å². The number of piperidine rings is 1. The van der Waals surface area contributed by atoms with E-state index in [1.165, 1.54) is 11.1 Å². The van der Waals surface area contributed by atoms with Crippen molar-refractivity contribution in [3.63, 3.8) is 0 Å². The molecule has 0 N–H and O–H groups in total. The van der Waals surface area contributed by atoms with Gasteiger partial charge in [-0.05, 0) is 88.2 Å². The summed E-state index contributed by atoms with van der Waals surface area (Å²) in [6, 6.07) is 8.21. The summed E-state index contributed by atoms with van der Waals surface area (Å²) in [7, 11) is 0. The summed E-state index contributed by atoms with van der Waals surface area (Å²) in [4.78, 5) is 44.1. The summed E-state index contributed by atoms with van der Waals surface area (Å²) in [5.74, 6) is 0.724. The molecule has 1 aromatic carbocycles. The third-order valence-corrected chi connectivity index (χ3v) is 7.36. The van der Waals surface area contributed by atoms with Crippen LogP contribution in [0.5, 0.6) is 0 Å². The summed E-state index contributed by atoms with van der Waals surface area (Å²) in [6.07, 6.45) is 19.6. The Kier molecular flexibility index (Phi) is 9.52. The average molecular weight is 525 g/mol. The number of nitrogens with zero attached hydrogens (tertiary/aromatic N) is 3. The third-order valence-electron chi connectivity index (χ3n) is 7.36. The van der Waals surface area contributed by atoms with E-state index in [0.717, 1.165) is 13.0 Å². The largest absolute Gasteiger partial charge is 2.00 e. The van der Waals surface area contributed by atoms with Gasteiger partial charge in [-0.1, -0.05) is 24.3 Å². The molecule has 3 amide bonds. The molecule has 36 heavy (non-hydrogen) atoms. The molecule has 1 atom stereocenters. The Morgan fingerprint density at radius 2 is 1.44 bits per heavy atom. The van der Waals surface area contributed by atoms with Crippen molar-refractivity contribution in [3.05, 3.63) is 99.1 Å². The van der Waals surface area contributed by atoms with Gasteiger partial charge in [0.1, 0.15) is 0 Å². The van der Waals surface area contributed by atoms with Gasteiger partial charge in [-0.15, -0.1) is 0 Å². The monoisotopic (exact) mass is 525 g/mol. The van der Waals surface area contributed by atoms with Crippen LogP contribution in [0.3, 0.4) is 0 Å². The minimum absolute atomic E-state index is 0. The number of rotatable bonds is 2. The normalized spacial score (nSPS) is 24.4. The average Bonchev–Trinajstić information content (AvgIpc) is 3.65. The number of hydrogen-bond donors (Lipinski definition) is 0. The van der Waals surface area contributed by atoms with Gasteiger partial charge in [-0.25, -0.2) is 0 Å². The van der Waals surface area contributed by atoms with Gasteiger partial charge in [0.25, 0.3) is 0 Å². The molecule has 2 aliphatic carbocycles. The van der Waals surface area contributed by atoms with Crippen molar-refractivity contribution >= 4 is 17.7 Å². The SMILES string of the molecule is O=C([C]1[CH][CH][CH][CH]1)N1CCC(C(=O)N2CC(=O)N3CCc4ccccc4C3C2)CC1.[CH]1[CH][CH][CH][CH]1.[Fe+2]. The molecule has 1 aromatic rings. The van der Waals surface area contributed by atoms with Crippen molar-refractivity contribution in [2.45, 2.75) is 25.3 Å². The molecule has 7 heteroatoms. The summed E-state index contributed by atoms with van der Waals surface area (Å²) in [6.45, 7) is 2.63. The molecule has 3 aliphatic heterocycles. The molecule has 0 bridgehead atoms. The minimum atomic E-state index is -0.119. The quantitative estimate of drug-likeness (QED) is 0.558. The minimum Gasteiger partial charge on any atom is -0.342 e. The van der Waals surface area contributed by atoms with Crippen LogP contribution >= 0.6 is 0 Å². The molecule has 3 heterocycles. The fourth-order valence-corrected chi connectivity index (χ4v) is 5.45. The fraction of sp³-hybridized carbons (Fsp3) is 0.345. The Balaban J connectivity index is 0.000000455. The zero-order valence-electron chi connectivity index (χ0n) is 20.2. The molecule has 2 saturated carbocycles. The van der Waals surface area contributed by atoms with Crippen molar-refractivity contribution in [2.24, 2.45) is 5.92 Å². The zero-order chi connectivity index (χ0) is 24.2. The molecular formula is C29H31FeN3O3+2. The number of likely N-dealkylation sites (tertiary alicyclic amines) is 1. The van der Waals surface area contributed by atoms with E-state index in [1.807, 2.05) is 79.7 Å². The number of amides is 3. The maximum atomic E-state index is 13.2. The third kappa shape index (κ3) is 5.99. The van der Waals surface area contributed by atoms with Gasteiger partial charge in [0.05, 0.1) is 18.5 Å². The topological polar surface area (TPSA) is 60.9 Å². The van der Waals surface area contributed by atoms with Crippen molar-refractivity contribution in [3.8, 4) is 0 Å². The van der Waals surface area contributed by atoms with E-state index < -0.39 is 0 Å². The summed E-state index contributed by atoms with van der Waals surface area (Å²) >= 11 is 0. The van der Waals surface area contributed by atoms with E-state index in [1.54, 1.807) is 4.90 Å². The predicted molar refractivity (Wildman–Crippen MR) is 132 cm³/mol. The van der Waals surface area contributed by atoms with Crippen LogP contribution in [-0.2, 0) is 37.9 Å². The van der Waals surface area contributed by atoms with E-state index >= 15 is 0 Å². The molecule has 6 nitrogen and oxygen atoms in total. The molecule has 10 radical (unpaired) electrons. The van der Waals surface area contributed by atoms with Gasteiger partial charge in [0, 0.05) is 32.1 Å². The van der Waals surface area contributed by atoms with Crippen LogP contribution in [0.1, 0.15) is 30.0 Å². The number of hydrogen-bond acceptors (Lipinski definition) is 3. The molecule has 186 valence electrons. The Bertz CT molecular complexity index is 912. The van der Waals surface area contributed by atoms with Crippen molar-refractivity contribution in [1.82, 2.24) is 14.7 Å².